The minimum atomic E-state index is -2.35. The van der Waals surface area contributed by atoms with E-state index >= 15 is 0 Å². The van der Waals surface area contributed by atoms with Gasteiger partial charge in [0.25, 0.3) is 0 Å². The highest BCUT2D eigenvalue weighted by Crippen LogP contribution is 2.40. The number of hydrogen-bond acceptors (Lipinski definition) is 6. The summed E-state index contributed by atoms with van der Waals surface area (Å²) < 4.78 is 32.6. The Morgan fingerprint density at radius 1 is 0.909 bits per heavy atom. The van der Waals surface area contributed by atoms with Crippen molar-refractivity contribution in [1.82, 2.24) is 0 Å². The molecule has 1 aliphatic heterocycles. The minimum Gasteiger partial charge on any atom is -0.397 e. The molecular weight excluding hydrogens is 320 g/mol. The van der Waals surface area contributed by atoms with Crippen LogP contribution in [0.5, 0.6) is 0 Å². The summed E-state index contributed by atoms with van der Waals surface area (Å²) in [5.74, 6) is 0. The van der Waals surface area contributed by atoms with Crippen molar-refractivity contribution in [2.24, 2.45) is 0 Å². The first-order valence-corrected chi connectivity index (χ1v) is 12.1. The van der Waals surface area contributed by atoms with Gasteiger partial charge in [0.05, 0.1) is 0 Å². The molecule has 1 fully saturated rings. The molecule has 0 amide bonds. The summed E-state index contributed by atoms with van der Waals surface area (Å²) in [6.45, 7) is 7.58. The fraction of sp³-hybridized carbons (Fsp3) is 1.00. The fourth-order valence-electron chi connectivity index (χ4n) is 2.81. The van der Waals surface area contributed by atoms with Crippen molar-refractivity contribution < 1.29 is 27.2 Å². The molecule has 0 atom stereocenters. The number of hydrogen-bond donors (Lipinski definition) is 0. The van der Waals surface area contributed by atoms with Crippen LogP contribution in [0.3, 0.4) is 0 Å². The first kappa shape index (κ1) is 22.2. The second kappa shape index (κ2) is 11.7. The van der Waals surface area contributed by atoms with Crippen molar-refractivity contribution in [1.29, 1.82) is 0 Å². The minimum absolute atomic E-state index is 0.630. The van der Waals surface area contributed by atoms with Crippen molar-refractivity contribution in [2.75, 3.05) is 41.7 Å². The molecule has 0 aromatic rings. The van der Waals surface area contributed by atoms with Gasteiger partial charge in [-0.1, -0.05) is 6.42 Å². The van der Waals surface area contributed by atoms with E-state index in [4.69, 9.17) is 27.2 Å². The monoisotopic (exact) mass is 354 g/mol. The normalized spacial score (nSPS) is 19.6. The smallest absolute Gasteiger partial charge is 0.397 e. The quantitative estimate of drug-likeness (QED) is 0.493. The lowest BCUT2D eigenvalue weighted by Crippen LogP contribution is -2.65. The molecule has 8 heteroatoms. The average Bonchev–Trinajstić information content (AvgIpc) is 2.55. The van der Waals surface area contributed by atoms with E-state index in [1.54, 1.807) is 28.4 Å². The molecule has 1 aliphatic rings. The van der Waals surface area contributed by atoms with E-state index in [1.165, 1.54) is 0 Å². The summed E-state index contributed by atoms with van der Waals surface area (Å²) in [5.41, 5.74) is -0.630. The molecule has 0 spiro atoms. The summed E-state index contributed by atoms with van der Waals surface area (Å²) in [7, 11) is 3.14. The summed E-state index contributed by atoms with van der Waals surface area (Å²) in [6.07, 6.45) is 3.08. The van der Waals surface area contributed by atoms with E-state index in [9.17, 15) is 0 Å². The van der Waals surface area contributed by atoms with Crippen LogP contribution in [0.25, 0.3) is 0 Å². The number of ether oxygens (including phenoxy) is 2. The molecule has 0 aromatic carbocycles. The third-order valence-corrected chi connectivity index (χ3v) is 9.72. The molecule has 0 aromatic heterocycles. The van der Waals surface area contributed by atoms with Gasteiger partial charge in [0.1, 0.15) is 0 Å². The standard InChI is InChI=1S/C9H20O4Si.C5H14O2Si/c1-10-9(11-2)7-5-6-8-14(9,12-3)13-4;1-4-6-8(3)7-5-2/h5-8H2,1-4H3;8H,4-5H2,1-3H3. The maximum absolute atomic E-state index is 5.59. The highest BCUT2D eigenvalue weighted by Gasteiger charge is 2.60. The lowest BCUT2D eigenvalue weighted by atomic mass is 10.2. The summed E-state index contributed by atoms with van der Waals surface area (Å²) in [6, 6.07) is 0.932. The molecule has 1 saturated heterocycles. The molecule has 1 heterocycles. The van der Waals surface area contributed by atoms with Crippen LogP contribution in [0.15, 0.2) is 0 Å². The van der Waals surface area contributed by atoms with Gasteiger partial charge in [0, 0.05) is 48.1 Å². The molecule has 0 saturated carbocycles. The Morgan fingerprint density at radius 3 is 1.73 bits per heavy atom. The molecule has 0 bridgehead atoms. The topological polar surface area (TPSA) is 55.4 Å². The molecule has 0 unspecified atom stereocenters. The second-order valence-corrected chi connectivity index (χ2v) is 10.4. The van der Waals surface area contributed by atoms with E-state index in [2.05, 4.69) is 0 Å². The van der Waals surface area contributed by atoms with Gasteiger partial charge in [0.2, 0.25) is 5.41 Å². The van der Waals surface area contributed by atoms with E-state index in [0.29, 0.717) is 0 Å². The molecule has 0 N–H and O–H groups in total. The highest BCUT2D eigenvalue weighted by atomic mass is 28.4. The van der Waals surface area contributed by atoms with Crippen LogP contribution >= 0.6 is 0 Å². The van der Waals surface area contributed by atoms with Crippen LogP contribution in [-0.4, -0.2) is 64.9 Å². The van der Waals surface area contributed by atoms with Gasteiger partial charge < -0.3 is 27.2 Å². The Labute approximate surface area is 138 Å². The van der Waals surface area contributed by atoms with Gasteiger partial charge in [-0.2, -0.15) is 0 Å². The molecule has 1 rings (SSSR count). The molecule has 22 heavy (non-hydrogen) atoms. The summed E-state index contributed by atoms with van der Waals surface area (Å²) in [5, 5.41) is 0. The van der Waals surface area contributed by atoms with Crippen LogP contribution in [0.2, 0.25) is 12.6 Å². The maximum atomic E-state index is 5.59. The van der Waals surface area contributed by atoms with Gasteiger partial charge in [-0.05, 0) is 32.9 Å². The zero-order valence-electron chi connectivity index (χ0n) is 15.3. The predicted molar refractivity (Wildman–Crippen MR) is 91.4 cm³/mol. The van der Waals surface area contributed by atoms with E-state index in [0.717, 1.165) is 38.5 Å². The Balaban J connectivity index is 0.000000472. The van der Waals surface area contributed by atoms with Crippen molar-refractivity contribution in [3.8, 4) is 0 Å². The van der Waals surface area contributed by atoms with E-state index in [1.807, 2.05) is 20.4 Å². The van der Waals surface area contributed by atoms with Crippen LogP contribution in [0.1, 0.15) is 33.1 Å². The Kier molecular flexibility index (Phi) is 11.8. The third kappa shape index (κ3) is 5.68. The van der Waals surface area contributed by atoms with Gasteiger partial charge in [-0.25, -0.2) is 0 Å². The van der Waals surface area contributed by atoms with Crippen molar-refractivity contribution in [2.45, 2.75) is 51.1 Å². The van der Waals surface area contributed by atoms with Crippen molar-refractivity contribution in [3.63, 3.8) is 0 Å². The van der Waals surface area contributed by atoms with Gasteiger partial charge in [0.15, 0.2) is 0 Å². The lowest BCUT2D eigenvalue weighted by Gasteiger charge is -2.46. The summed E-state index contributed by atoms with van der Waals surface area (Å²) >= 11 is 0. The molecule has 134 valence electrons. The second-order valence-electron chi connectivity index (χ2n) is 5.01. The Hall–Kier alpha value is 0.194. The maximum Gasteiger partial charge on any atom is 0.399 e. The summed E-state index contributed by atoms with van der Waals surface area (Å²) in [4.78, 5) is 0. The fourth-order valence-corrected chi connectivity index (χ4v) is 7.32. The zero-order chi connectivity index (χ0) is 17.1. The average molecular weight is 355 g/mol. The molecule has 6 nitrogen and oxygen atoms in total. The number of methoxy groups -OCH3 is 2. The Bertz CT molecular complexity index is 246. The third-order valence-electron chi connectivity index (χ3n) is 3.96. The lowest BCUT2D eigenvalue weighted by molar-refractivity contribution is -0.183. The van der Waals surface area contributed by atoms with Gasteiger partial charge >= 0.3 is 17.8 Å². The molecule has 0 radical (unpaired) electrons. The first-order valence-electron chi connectivity index (χ1n) is 7.95. The first-order chi connectivity index (χ1) is 10.5. The SMILES string of the molecule is CCO[SiH](C)OCC.COC1(OC)CCCC[Si]1(OC)OC. The van der Waals surface area contributed by atoms with E-state index in [-0.39, 0.29) is 0 Å². The predicted octanol–water partition coefficient (Wildman–Crippen LogP) is 2.34. The highest BCUT2D eigenvalue weighted by molar-refractivity contribution is 6.70. The molecule has 0 aliphatic carbocycles. The largest absolute Gasteiger partial charge is 0.399 e. The van der Waals surface area contributed by atoms with Crippen molar-refractivity contribution in [3.05, 3.63) is 0 Å². The van der Waals surface area contributed by atoms with E-state index < -0.39 is 23.3 Å². The van der Waals surface area contributed by atoms with Crippen molar-refractivity contribution >= 4 is 17.8 Å². The Morgan fingerprint density at radius 2 is 1.41 bits per heavy atom. The van der Waals surface area contributed by atoms with Gasteiger partial charge in [-0.3, -0.25) is 0 Å². The van der Waals surface area contributed by atoms with Crippen LogP contribution in [-0.2, 0) is 27.2 Å². The van der Waals surface area contributed by atoms with Gasteiger partial charge in [-0.15, -0.1) is 0 Å². The van der Waals surface area contributed by atoms with Crippen LogP contribution in [0, 0.1) is 0 Å². The number of rotatable bonds is 8. The zero-order valence-corrected chi connectivity index (χ0v) is 17.4. The van der Waals surface area contributed by atoms with Crippen LogP contribution in [0.4, 0.5) is 0 Å². The van der Waals surface area contributed by atoms with Crippen LogP contribution < -0.4 is 0 Å². The molecular formula is C14H34O6Si2.